The molecular formula is C11H24N2O3S. The van der Waals surface area contributed by atoms with Gasteiger partial charge >= 0.3 is 0 Å². The SMILES string of the molecule is CC(C)(C)S(=O)(=O)N1CCC(OCCN)CC1. The Kier molecular flexibility index (Phi) is 4.95. The minimum Gasteiger partial charge on any atom is -0.377 e. The number of rotatable bonds is 4. The Labute approximate surface area is 104 Å². The molecule has 0 amide bonds. The van der Waals surface area contributed by atoms with Crippen LogP contribution in [-0.2, 0) is 14.8 Å². The summed E-state index contributed by atoms with van der Waals surface area (Å²) in [4.78, 5) is 0. The molecule has 1 saturated heterocycles. The molecule has 0 aromatic heterocycles. The maximum Gasteiger partial charge on any atom is 0.219 e. The average Bonchev–Trinajstić information content (AvgIpc) is 2.25. The number of sulfonamides is 1. The predicted molar refractivity (Wildman–Crippen MR) is 68.3 cm³/mol. The van der Waals surface area contributed by atoms with Crippen LogP contribution in [0.25, 0.3) is 0 Å². The highest BCUT2D eigenvalue weighted by molar-refractivity contribution is 7.90. The summed E-state index contributed by atoms with van der Waals surface area (Å²) in [5, 5.41) is 0. The summed E-state index contributed by atoms with van der Waals surface area (Å²) in [7, 11) is -3.19. The van der Waals surface area contributed by atoms with E-state index in [2.05, 4.69) is 0 Å². The Morgan fingerprint density at radius 3 is 2.24 bits per heavy atom. The second-order valence-electron chi connectivity index (χ2n) is 5.38. The Hall–Kier alpha value is -0.170. The van der Waals surface area contributed by atoms with Crippen LogP contribution >= 0.6 is 0 Å². The van der Waals surface area contributed by atoms with Gasteiger partial charge in [-0.2, -0.15) is 0 Å². The highest BCUT2D eigenvalue weighted by atomic mass is 32.2. The number of ether oxygens (including phenoxy) is 1. The third-order valence-corrected chi connectivity index (χ3v) is 5.58. The normalized spacial score (nSPS) is 20.7. The Balaban J connectivity index is 2.53. The van der Waals surface area contributed by atoms with Crippen molar-refractivity contribution in [3.63, 3.8) is 0 Å². The molecule has 17 heavy (non-hydrogen) atoms. The van der Waals surface area contributed by atoms with Gasteiger partial charge < -0.3 is 10.5 Å². The minimum absolute atomic E-state index is 0.157. The fourth-order valence-electron chi connectivity index (χ4n) is 1.86. The zero-order valence-electron chi connectivity index (χ0n) is 11.0. The van der Waals surface area contributed by atoms with E-state index in [0.717, 1.165) is 12.8 Å². The molecule has 0 saturated carbocycles. The molecule has 2 N–H and O–H groups in total. The lowest BCUT2D eigenvalue weighted by molar-refractivity contribution is 0.0254. The van der Waals surface area contributed by atoms with Gasteiger partial charge in [0.05, 0.1) is 17.5 Å². The van der Waals surface area contributed by atoms with Crippen molar-refractivity contribution in [2.45, 2.75) is 44.5 Å². The molecule has 1 aliphatic heterocycles. The molecule has 102 valence electrons. The molecule has 1 aliphatic rings. The second kappa shape index (κ2) is 5.65. The summed E-state index contributed by atoms with van der Waals surface area (Å²) in [5.41, 5.74) is 5.37. The van der Waals surface area contributed by atoms with Crippen molar-refractivity contribution < 1.29 is 13.2 Å². The number of nitrogens with two attached hydrogens (primary N) is 1. The van der Waals surface area contributed by atoms with Crippen LogP contribution in [0.4, 0.5) is 0 Å². The van der Waals surface area contributed by atoms with Gasteiger partial charge in [-0.3, -0.25) is 0 Å². The lowest BCUT2D eigenvalue weighted by atomic mass is 10.1. The van der Waals surface area contributed by atoms with E-state index in [4.69, 9.17) is 10.5 Å². The molecule has 0 spiro atoms. The van der Waals surface area contributed by atoms with Crippen LogP contribution in [0.2, 0.25) is 0 Å². The van der Waals surface area contributed by atoms with Crippen LogP contribution in [0, 0.1) is 0 Å². The molecule has 6 heteroatoms. The molecule has 1 heterocycles. The number of nitrogens with zero attached hydrogens (tertiary/aromatic N) is 1. The maximum atomic E-state index is 12.2. The average molecular weight is 264 g/mol. The van der Waals surface area contributed by atoms with E-state index in [9.17, 15) is 8.42 Å². The van der Waals surface area contributed by atoms with Crippen molar-refractivity contribution in [3.05, 3.63) is 0 Å². The first-order chi connectivity index (χ1) is 7.79. The zero-order valence-corrected chi connectivity index (χ0v) is 11.8. The Morgan fingerprint density at radius 2 is 1.82 bits per heavy atom. The van der Waals surface area contributed by atoms with Crippen molar-refractivity contribution >= 4 is 10.0 Å². The fraction of sp³-hybridized carbons (Fsp3) is 1.00. The van der Waals surface area contributed by atoms with E-state index < -0.39 is 14.8 Å². The number of piperidine rings is 1. The first kappa shape index (κ1) is 14.9. The van der Waals surface area contributed by atoms with Crippen LogP contribution in [0.15, 0.2) is 0 Å². The molecule has 0 aliphatic carbocycles. The first-order valence-corrected chi connectivity index (χ1v) is 7.54. The largest absolute Gasteiger partial charge is 0.377 e. The molecule has 0 bridgehead atoms. The molecule has 1 fully saturated rings. The molecule has 0 aromatic carbocycles. The predicted octanol–water partition coefficient (Wildman–Crippen LogP) is 0.554. The number of hydrogen-bond donors (Lipinski definition) is 1. The van der Waals surface area contributed by atoms with Gasteiger partial charge in [0, 0.05) is 19.6 Å². The quantitative estimate of drug-likeness (QED) is 0.805. The summed E-state index contributed by atoms with van der Waals surface area (Å²) >= 11 is 0. The Morgan fingerprint density at radius 1 is 1.29 bits per heavy atom. The van der Waals surface area contributed by atoms with Gasteiger partial charge in [-0.15, -0.1) is 0 Å². The smallest absolute Gasteiger partial charge is 0.219 e. The molecule has 5 nitrogen and oxygen atoms in total. The third-order valence-electron chi connectivity index (χ3n) is 2.99. The molecular weight excluding hydrogens is 240 g/mol. The van der Waals surface area contributed by atoms with Crippen molar-refractivity contribution in [2.24, 2.45) is 5.73 Å². The van der Waals surface area contributed by atoms with Crippen molar-refractivity contribution in [1.82, 2.24) is 4.31 Å². The van der Waals surface area contributed by atoms with E-state index in [-0.39, 0.29) is 6.10 Å². The van der Waals surface area contributed by atoms with Crippen molar-refractivity contribution in [1.29, 1.82) is 0 Å². The summed E-state index contributed by atoms with van der Waals surface area (Å²) in [6, 6.07) is 0. The van der Waals surface area contributed by atoms with Gasteiger partial charge in [-0.1, -0.05) is 0 Å². The van der Waals surface area contributed by atoms with Crippen LogP contribution in [0.1, 0.15) is 33.6 Å². The molecule has 1 rings (SSSR count). The minimum atomic E-state index is -3.19. The van der Waals surface area contributed by atoms with Gasteiger partial charge in [-0.25, -0.2) is 12.7 Å². The Bertz CT molecular complexity index is 327. The molecule has 0 unspecified atom stereocenters. The molecule has 0 atom stereocenters. The monoisotopic (exact) mass is 264 g/mol. The van der Waals surface area contributed by atoms with Crippen LogP contribution < -0.4 is 5.73 Å². The van der Waals surface area contributed by atoms with Gasteiger partial charge in [0.25, 0.3) is 0 Å². The van der Waals surface area contributed by atoms with Crippen molar-refractivity contribution in [3.8, 4) is 0 Å². The molecule has 0 aromatic rings. The van der Waals surface area contributed by atoms with Crippen LogP contribution in [0.5, 0.6) is 0 Å². The van der Waals surface area contributed by atoms with Gasteiger partial charge in [0.15, 0.2) is 0 Å². The summed E-state index contributed by atoms with van der Waals surface area (Å²) < 4.78 is 30.8. The zero-order chi connectivity index (χ0) is 13.1. The molecule has 0 radical (unpaired) electrons. The highest BCUT2D eigenvalue weighted by Gasteiger charge is 2.37. The standard InChI is InChI=1S/C11H24N2O3S/c1-11(2,3)17(14,15)13-7-4-10(5-8-13)16-9-6-12/h10H,4-9,12H2,1-3H3. The second-order valence-corrected chi connectivity index (χ2v) is 8.07. The summed E-state index contributed by atoms with van der Waals surface area (Å²) in [6.07, 6.45) is 1.68. The van der Waals surface area contributed by atoms with Crippen LogP contribution in [0.3, 0.4) is 0 Å². The lowest BCUT2D eigenvalue weighted by Gasteiger charge is -2.35. The topological polar surface area (TPSA) is 72.6 Å². The first-order valence-electron chi connectivity index (χ1n) is 6.10. The van der Waals surface area contributed by atoms with E-state index >= 15 is 0 Å². The van der Waals surface area contributed by atoms with Gasteiger partial charge in [0.1, 0.15) is 0 Å². The van der Waals surface area contributed by atoms with Crippen LogP contribution in [-0.4, -0.2) is 49.8 Å². The number of hydrogen-bond acceptors (Lipinski definition) is 4. The fourth-order valence-corrected chi connectivity index (χ4v) is 3.33. The van der Waals surface area contributed by atoms with E-state index in [1.54, 1.807) is 25.1 Å². The summed E-state index contributed by atoms with van der Waals surface area (Å²) in [5.74, 6) is 0. The van der Waals surface area contributed by atoms with E-state index in [1.807, 2.05) is 0 Å². The highest BCUT2D eigenvalue weighted by Crippen LogP contribution is 2.24. The lowest BCUT2D eigenvalue weighted by Crippen LogP contribution is -2.47. The maximum absolute atomic E-state index is 12.2. The van der Waals surface area contributed by atoms with E-state index in [1.165, 1.54) is 0 Å². The van der Waals surface area contributed by atoms with Gasteiger partial charge in [0.2, 0.25) is 10.0 Å². The third kappa shape index (κ3) is 3.64. The van der Waals surface area contributed by atoms with Crippen molar-refractivity contribution in [2.75, 3.05) is 26.2 Å². The van der Waals surface area contributed by atoms with Gasteiger partial charge in [-0.05, 0) is 33.6 Å². The summed E-state index contributed by atoms with van der Waals surface area (Å²) in [6.45, 7) is 7.37. The van der Waals surface area contributed by atoms with E-state index in [0.29, 0.717) is 26.2 Å².